The van der Waals surface area contributed by atoms with Crippen LogP contribution in [0.2, 0.25) is 0 Å². The summed E-state index contributed by atoms with van der Waals surface area (Å²) in [7, 11) is -3.48. The van der Waals surface area contributed by atoms with E-state index in [0.29, 0.717) is 23.5 Å². The Bertz CT molecular complexity index is 582. The third-order valence-electron chi connectivity index (χ3n) is 2.49. The Morgan fingerprint density at radius 1 is 1.50 bits per heavy atom. The fraction of sp³-hybridized carbons (Fsp3) is 0.364. The minimum absolute atomic E-state index is 0.0102. The third-order valence-corrected chi connectivity index (χ3v) is 4.21. The molecule has 0 saturated carbocycles. The van der Waals surface area contributed by atoms with Gasteiger partial charge < -0.3 is 10.5 Å². The van der Waals surface area contributed by atoms with Crippen molar-refractivity contribution in [2.45, 2.75) is 5.75 Å². The van der Waals surface area contributed by atoms with E-state index < -0.39 is 10.0 Å². The van der Waals surface area contributed by atoms with Gasteiger partial charge in [0.05, 0.1) is 17.9 Å². The molecule has 0 bridgehead atoms. The van der Waals surface area contributed by atoms with Crippen LogP contribution in [0.5, 0.6) is 5.75 Å². The highest BCUT2D eigenvalue weighted by molar-refractivity contribution is 7.98. The van der Waals surface area contributed by atoms with Gasteiger partial charge in [-0.1, -0.05) is 12.1 Å². The van der Waals surface area contributed by atoms with E-state index in [4.69, 9.17) is 10.5 Å². The highest BCUT2D eigenvalue weighted by atomic mass is 32.2. The molecule has 1 aliphatic rings. The van der Waals surface area contributed by atoms with Gasteiger partial charge in [-0.25, -0.2) is 8.42 Å². The minimum atomic E-state index is -3.48. The Balaban J connectivity index is 2.36. The molecule has 1 aliphatic heterocycles. The molecule has 0 fully saturated rings. The number of amidine groups is 1. The SMILES string of the molecule is CSCCOc1cccc2c1C(N)=NS(=O)(=O)C2. The number of sulfonamides is 1. The third kappa shape index (κ3) is 2.78. The molecule has 0 radical (unpaired) electrons. The van der Waals surface area contributed by atoms with E-state index in [1.165, 1.54) is 0 Å². The Morgan fingerprint density at radius 2 is 2.28 bits per heavy atom. The van der Waals surface area contributed by atoms with Crippen molar-refractivity contribution in [2.75, 3.05) is 18.6 Å². The van der Waals surface area contributed by atoms with Gasteiger partial charge in [0.25, 0.3) is 10.0 Å². The van der Waals surface area contributed by atoms with Crippen molar-refractivity contribution in [3.8, 4) is 5.75 Å². The molecule has 0 aliphatic carbocycles. The fourth-order valence-corrected chi connectivity index (χ4v) is 3.11. The van der Waals surface area contributed by atoms with Crippen molar-refractivity contribution in [3.05, 3.63) is 29.3 Å². The zero-order valence-corrected chi connectivity index (χ0v) is 11.6. The van der Waals surface area contributed by atoms with Crippen LogP contribution in [0.1, 0.15) is 11.1 Å². The summed E-state index contributed by atoms with van der Waals surface area (Å²) in [4.78, 5) is 0. The lowest BCUT2D eigenvalue weighted by atomic mass is 10.1. The van der Waals surface area contributed by atoms with Gasteiger partial charge in [0.1, 0.15) is 11.6 Å². The smallest absolute Gasteiger partial charge is 0.259 e. The number of nitrogens with two attached hydrogens (primary N) is 1. The van der Waals surface area contributed by atoms with Crippen molar-refractivity contribution < 1.29 is 13.2 Å². The summed E-state index contributed by atoms with van der Waals surface area (Å²) in [6.45, 7) is 0.553. The molecule has 1 aromatic rings. The van der Waals surface area contributed by atoms with Crippen LogP contribution < -0.4 is 10.5 Å². The molecule has 0 saturated heterocycles. The van der Waals surface area contributed by atoms with Gasteiger partial charge in [-0.05, 0) is 17.9 Å². The zero-order valence-electron chi connectivity index (χ0n) is 9.92. The van der Waals surface area contributed by atoms with E-state index in [0.717, 1.165) is 5.75 Å². The summed E-state index contributed by atoms with van der Waals surface area (Å²) in [5.41, 5.74) is 6.96. The average Bonchev–Trinajstić information content (AvgIpc) is 2.27. The van der Waals surface area contributed by atoms with Gasteiger partial charge >= 0.3 is 0 Å². The monoisotopic (exact) mass is 286 g/mol. The van der Waals surface area contributed by atoms with Crippen LogP contribution >= 0.6 is 11.8 Å². The number of hydrogen-bond acceptors (Lipinski definition) is 5. The molecule has 7 heteroatoms. The van der Waals surface area contributed by atoms with Crippen LogP contribution in [0.15, 0.2) is 22.6 Å². The predicted octanol–water partition coefficient (Wildman–Crippen LogP) is 0.977. The number of fused-ring (bicyclic) bond motifs is 1. The van der Waals surface area contributed by atoms with E-state index in [1.54, 1.807) is 30.0 Å². The average molecular weight is 286 g/mol. The van der Waals surface area contributed by atoms with Crippen LogP contribution in [-0.2, 0) is 15.8 Å². The molecule has 1 aromatic carbocycles. The maximum Gasteiger partial charge on any atom is 0.259 e. The minimum Gasteiger partial charge on any atom is -0.492 e. The molecular formula is C11H14N2O3S2. The normalized spacial score (nSPS) is 16.8. The highest BCUT2D eigenvalue weighted by Gasteiger charge is 2.24. The van der Waals surface area contributed by atoms with Gasteiger partial charge in [0, 0.05) is 5.75 Å². The summed E-state index contributed by atoms with van der Waals surface area (Å²) < 4.78 is 32.1. The quantitative estimate of drug-likeness (QED) is 0.834. The Labute approximate surface area is 110 Å². The van der Waals surface area contributed by atoms with Crippen LogP contribution in [0.4, 0.5) is 0 Å². The molecule has 2 N–H and O–H groups in total. The van der Waals surface area contributed by atoms with Gasteiger partial charge in [-0.2, -0.15) is 11.8 Å². The van der Waals surface area contributed by atoms with Crippen LogP contribution in [0.25, 0.3) is 0 Å². The molecule has 2 rings (SSSR count). The number of benzene rings is 1. The lowest BCUT2D eigenvalue weighted by Gasteiger charge is -2.17. The second-order valence-corrected chi connectivity index (χ2v) is 6.45. The molecule has 0 atom stereocenters. The van der Waals surface area contributed by atoms with Crippen molar-refractivity contribution in [3.63, 3.8) is 0 Å². The van der Waals surface area contributed by atoms with Crippen molar-refractivity contribution in [1.82, 2.24) is 0 Å². The second-order valence-electron chi connectivity index (χ2n) is 3.83. The Morgan fingerprint density at radius 3 is 3.00 bits per heavy atom. The standard InChI is InChI=1S/C11H14N2O3S2/c1-17-6-5-16-9-4-2-3-8-7-18(14,15)13-11(12)10(8)9/h2-4H,5-7H2,1H3,(H2,12,13). The summed E-state index contributed by atoms with van der Waals surface area (Å²) in [6.07, 6.45) is 1.99. The van der Waals surface area contributed by atoms with Crippen molar-refractivity contribution in [1.29, 1.82) is 0 Å². The summed E-state index contributed by atoms with van der Waals surface area (Å²) >= 11 is 1.68. The Hall–Kier alpha value is -1.21. The molecule has 0 aromatic heterocycles. The van der Waals surface area contributed by atoms with E-state index in [1.807, 2.05) is 6.26 Å². The summed E-state index contributed by atoms with van der Waals surface area (Å²) in [5.74, 6) is 1.34. The van der Waals surface area contributed by atoms with Crippen molar-refractivity contribution in [2.24, 2.45) is 10.1 Å². The largest absolute Gasteiger partial charge is 0.492 e. The van der Waals surface area contributed by atoms with Gasteiger partial charge in [0.15, 0.2) is 0 Å². The molecule has 1 heterocycles. The molecule has 18 heavy (non-hydrogen) atoms. The number of ether oxygens (including phenoxy) is 1. The van der Waals surface area contributed by atoms with E-state index in [2.05, 4.69) is 4.40 Å². The van der Waals surface area contributed by atoms with E-state index >= 15 is 0 Å². The van der Waals surface area contributed by atoms with E-state index in [9.17, 15) is 8.42 Å². The maximum absolute atomic E-state index is 11.5. The molecule has 0 spiro atoms. The first-order valence-electron chi connectivity index (χ1n) is 5.35. The number of thioether (sulfide) groups is 1. The lowest BCUT2D eigenvalue weighted by Crippen LogP contribution is -2.24. The van der Waals surface area contributed by atoms with Crippen molar-refractivity contribution >= 4 is 27.6 Å². The van der Waals surface area contributed by atoms with Gasteiger partial charge in [-0.3, -0.25) is 0 Å². The van der Waals surface area contributed by atoms with Gasteiger partial charge in [0.2, 0.25) is 0 Å². The number of rotatable bonds is 4. The second kappa shape index (κ2) is 5.19. The molecule has 0 unspecified atom stereocenters. The molecule has 98 valence electrons. The molecule has 5 nitrogen and oxygen atoms in total. The Kier molecular flexibility index (Phi) is 3.82. The number of nitrogens with zero attached hydrogens (tertiary/aromatic N) is 1. The zero-order chi connectivity index (χ0) is 13.2. The fourth-order valence-electron chi connectivity index (χ4n) is 1.77. The van der Waals surface area contributed by atoms with E-state index in [-0.39, 0.29) is 11.6 Å². The topological polar surface area (TPSA) is 81.8 Å². The first kappa shape index (κ1) is 13.2. The lowest BCUT2D eigenvalue weighted by molar-refractivity contribution is 0.343. The molecular weight excluding hydrogens is 272 g/mol. The summed E-state index contributed by atoms with van der Waals surface area (Å²) in [6, 6.07) is 5.27. The first-order valence-corrected chi connectivity index (χ1v) is 8.36. The van der Waals surface area contributed by atoms with Crippen LogP contribution in [0, 0.1) is 0 Å². The number of hydrogen-bond donors (Lipinski definition) is 1. The molecule has 0 amide bonds. The van der Waals surface area contributed by atoms with Gasteiger partial charge in [-0.15, -0.1) is 4.40 Å². The first-order chi connectivity index (χ1) is 8.53. The van der Waals surface area contributed by atoms with Crippen LogP contribution in [-0.4, -0.2) is 32.9 Å². The summed E-state index contributed by atoms with van der Waals surface area (Å²) in [5, 5.41) is 0. The maximum atomic E-state index is 11.5. The highest BCUT2D eigenvalue weighted by Crippen LogP contribution is 2.28. The predicted molar refractivity (Wildman–Crippen MR) is 73.7 cm³/mol. The van der Waals surface area contributed by atoms with Crippen LogP contribution in [0.3, 0.4) is 0 Å².